The molecular weight excluding hydrogens is 206 g/mol. The Bertz CT molecular complexity index is 405. The Hall–Kier alpha value is -0.870. The van der Waals surface area contributed by atoms with E-state index in [1.807, 2.05) is 0 Å². The summed E-state index contributed by atoms with van der Waals surface area (Å²) in [6.07, 6.45) is 4.99. The maximum atomic E-state index is 11.5. The number of carbonyl (C=O) groups excluding carboxylic acids is 1. The van der Waals surface area contributed by atoms with E-state index in [2.05, 4.69) is 4.90 Å². The first kappa shape index (κ1) is 9.19. The molecule has 4 fully saturated rings. The average molecular weight is 221 g/mol. The summed E-state index contributed by atoms with van der Waals surface area (Å²) in [6, 6.07) is 0.544. The van der Waals surface area contributed by atoms with Crippen LogP contribution in [-0.4, -0.2) is 46.3 Å². The largest absolute Gasteiger partial charge is 0.450 e. The second-order valence-corrected chi connectivity index (χ2v) is 5.42. The zero-order chi connectivity index (χ0) is 10.9. The monoisotopic (exact) mass is 221 g/mol. The topological polar surface area (TPSA) is 49.8 Å². The molecule has 16 heavy (non-hydrogen) atoms. The summed E-state index contributed by atoms with van der Waals surface area (Å²) in [4.78, 5) is 13.9. The Kier molecular flexibility index (Phi) is 1.54. The standard InChI is InChI=1S/C12H15NO3/c14-9-6-12-7(5-11(15)16-12)4-8(9)13-3-1-2-10(12)13/h5,8-10,14H,1-4,6H2/t8-,9-,10+,12+/m0/s1. The van der Waals surface area contributed by atoms with Crippen molar-refractivity contribution in [1.82, 2.24) is 4.90 Å². The van der Waals surface area contributed by atoms with Gasteiger partial charge in [0.2, 0.25) is 0 Å². The summed E-state index contributed by atoms with van der Waals surface area (Å²) in [6.45, 7) is 1.04. The molecule has 0 unspecified atom stereocenters. The molecule has 1 spiro atoms. The van der Waals surface area contributed by atoms with Crippen molar-refractivity contribution >= 4 is 5.97 Å². The molecule has 2 bridgehead atoms. The molecule has 0 radical (unpaired) electrons. The molecule has 4 atom stereocenters. The van der Waals surface area contributed by atoms with E-state index in [0.29, 0.717) is 12.5 Å². The average Bonchev–Trinajstić information content (AvgIpc) is 2.79. The Labute approximate surface area is 93.9 Å². The highest BCUT2D eigenvalue weighted by Crippen LogP contribution is 2.53. The number of aliphatic hydroxyl groups is 1. The van der Waals surface area contributed by atoms with Gasteiger partial charge in [0.15, 0.2) is 5.60 Å². The van der Waals surface area contributed by atoms with Crippen LogP contribution in [0.3, 0.4) is 0 Å². The van der Waals surface area contributed by atoms with Crippen LogP contribution < -0.4 is 0 Å². The zero-order valence-corrected chi connectivity index (χ0v) is 9.06. The van der Waals surface area contributed by atoms with Crippen LogP contribution >= 0.6 is 0 Å². The van der Waals surface area contributed by atoms with E-state index in [1.165, 1.54) is 0 Å². The van der Waals surface area contributed by atoms with Crippen LogP contribution in [-0.2, 0) is 9.53 Å². The third kappa shape index (κ3) is 0.870. The van der Waals surface area contributed by atoms with E-state index in [0.717, 1.165) is 31.4 Å². The van der Waals surface area contributed by atoms with E-state index < -0.39 is 5.60 Å². The molecule has 5 aliphatic rings. The van der Waals surface area contributed by atoms with Crippen LogP contribution in [0.1, 0.15) is 25.7 Å². The molecule has 4 aliphatic heterocycles. The molecule has 86 valence electrons. The van der Waals surface area contributed by atoms with Gasteiger partial charge in [-0.3, -0.25) is 4.90 Å². The third-order valence-electron chi connectivity index (χ3n) is 4.76. The highest BCUT2D eigenvalue weighted by molar-refractivity contribution is 5.87. The first-order chi connectivity index (χ1) is 7.71. The first-order valence-corrected chi connectivity index (χ1v) is 6.08. The van der Waals surface area contributed by atoms with Crippen molar-refractivity contribution in [2.24, 2.45) is 0 Å². The predicted molar refractivity (Wildman–Crippen MR) is 55.7 cm³/mol. The molecule has 4 heteroatoms. The normalized spacial score (nSPS) is 49.9. The number of aliphatic hydroxyl groups excluding tert-OH is 1. The molecule has 4 heterocycles. The third-order valence-corrected chi connectivity index (χ3v) is 4.76. The van der Waals surface area contributed by atoms with E-state index in [1.54, 1.807) is 6.08 Å². The molecule has 1 N–H and O–H groups in total. The molecule has 1 saturated carbocycles. The van der Waals surface area contributed by atoms with Crippen molar-refractivity contribution in [3.8, 4) is 0 Å². The van der Waals surface area contributed by atoms with E-state index in [4.69, 9.17) is 4.74 Å². The van der Waals surface area contributed by atoms with Gasteiger partial charge in [-0.15, -0.1) is 0 Å². The summed E-state index contributed by atoms with van der Waals surface area (Å²) in [7, 11) is 0. The van der Waals surface area contributed by atoms with Gasteiger partial charge in [-0.2, -0.15) is 0 Å². The number of esters is 1. The lowest BCUT2D eigenvalue weighted by molar-refractivity contribution is -0.176. The van der Waals surface area contributed by atoms with Crippen LogP contribution in [0.25, 0.3) is 0 Å². The van der Waals surface area contributed by atoms with Crippen molar-refractivity contribution in [2.45, 2.75) is 49.5 Å². The SMILES string of the molecule is O=C1C=C2C[C@H]3[C@@H](O)C[C@]2(O1)[C@H]1CCCN31. The van der Waals surface area contributed by atoms with Crippen molar-refractivity contribution in [2.75, 3.05) is 6.54 Å². The van der Waals surface area contributed by atoms with E-state index in [9.17, 15) is 9.90 Å². The lowest BCUT2D eigenvalue weighted by Crippen LogP contribution is -2.68. The summed E-state index contributed by atoms with van der Waals surface area (Å²) in [5.41, 5.74) is 0.665. The number of nitrogens with zero attached hydrogens (tertiary/aromatic N) is 1. The fraction of sp³-hybridized carbons (Fsp3) is 0.750. The molecule has 0 amide bonds. The second-order valence-electron chi connectivity index (χ2n) is 5.42. The number of hydrogen-bond donors (Lipinski definition) is 1. The molecule has 0 aromatic rings. The van der Waals surface area contributed by atoms with Gasteiger partial charge in [-0.1, -0.05) is 0 Å². The molecule has 4 nitrogen and oxygen atoms in total. The minimum Gasteiger partial charge on any atom is -0.450 e. The van der Waals surface area contributed by atoms with Crippen LogP contribution in [0.15, 0.2) is 11.6 Å². The quantitative estimate of drug-likeness (QED) is 0.594. The van der Waals surface area contributed by atoms with Gasteiger partial charge in [-0.05, 0) is 31.4 Å². The highest BCUT2D eigenvalue weighted by Gasteiger charge is 2.63. The minimum absolute atomic E-state index is 0.211. The lowest BCUT2D eigenvalue weighted by Gasteiger charge is -2.56. The van der Waals surface area contributed by atoms with Gasteiger partial charge < -0.3 is 9.84 Å². The molecule has 0 aromatic carbocycles. The van der Waals surface area contributed by atoms with Crippen LogP contribution in [0.4, 0.5) is 0 Å². The van der Waals surface area contributed by atoms with Gasteiger partial charge >= 0.3 is 5.97 Å². The maximum Gasteiger partial charge on any atom is 0.331 e. The summed E-state index contributed by atoms with van der Waals surface area (Å²) in [5.74, 6) is -0.211. The highest BCUT2D eigenvalue weighted by atomic mass is 16.6. The van der Waals surface area contributed by atoms with Gasteiger partial charge in [0.25, 0.3) is 0 Å². The zero-order valence-electron chi connectivity index (χ0n) is 9.06. The number of fused-ring (bicyclic) bond motifs is 1. The van der Waals surface area contributed by atoms with Gasteiger partial charge in [0.1, 0.15) is 0 Å². The fourth-order valence-electron chi connectivity index (χ4n) is 4.19. The first-order valence-electron chi connectivity index (χ1n) is 6.08. The summed E-state index contributed by atoms with van der Waals surface area (Å²) in [5, 5.41) is 10.1. The van der Waals surface area contributed by atoms with Crippen molar-refractivity contribution in [1.29, 1.82) is 0 Å². The van der Waals surface area contributed by atoms with Crippen molar-refractivity contribution in [3.63, 3.8) is 0 Å². The summed E-state index contributed by atoms with van der Waals surface area (Å²) < 4.78 is 5.59. The smallest absolute Gasteiger partial charge is 0.331 e. The fourth-order valence-corrected chi connectivity index (χ4v) is 4.19. The van der Waals surface area contributed by atoms with E-state index >= 15 is 0 Å². The van der Waals surface area contributed by atoms with Crippen molar-refractivity contribution < 1.29 is 14.6 Å². The Morgan fingerprint density at radius 3 is 3.31 bits per heavy atom. The lowest BCUT2D eigenvalue weighted by atomic mass is 9.67. The molecule has 5 rings (SSSR count). The number of ether oxygens (including phenoxy) is 1. The van der Waals surface area contributed by atoms with Crippen LogP contribution in [0.5, 0.6) is 0 Å². The minimum atomic E-state index is -0.470. The number of carbonyl (C=O) groups is 1. The van der Waals surface area contributed by atoms with Gasteiger partial charge in [-0.25, -0.2) is 4.79 Å². The van der Waals surface area contributed by atoms with Crippen LogP contribution in [0, 0.1) is 0 Å². The Morgan fingerprint density at radius 2 is 2.44 bits per heavy atom. The van der Waals surface area contributed by atoms with E-state index in [-0.39, 0.29) is 18.1 Å². The predicted octanol–water partition coefficient (Wildman–Crippen LogP) is 0.210. The molecule has 0 aromatic heterocycles. The van der Waals surface area contributed by atoms with Crippen molar-refractivity contribution in [3.05, 3.63) is 11.6 Å². The number of hydrogen-bond acceptors (Lipinski definition) is 4. The second kappa shape index (κ2) is 2.68. The number of piperidine rings is 2. The Balaban J connectivity index is 1.86. The molecule has 3 saturated heterocycles. The maximum absolute atomic E-state index is 11.5. The van der Waals surface area contributed by atoms with Crippen LogP contribution in [0.2, 0.25) is 0 Å². The molecular formula is C12H15NO3. The molecule has 1 aliphatic carbocycles. The number of rotatable bonds is 0. The van der Waals surface area contributed by atoms with Gasteiger partial charge in [0.05, 0.1) is 12.1 Å². The van der Waals surface area contributed by atoms with Gasteiger partial charge in [0, 0.05) is 18.5 Å². The Morgan fingerprint density at radius 1 is 1.56 bits per heavy atom. The summed E-state index contributed by atoms with van der Waals surface area (Å²) >= 11 is 0.